The maximum atomic E-state index is 13.6. The summed E-state index contributed by atoms with van der Waals surface area (Å²) in [5.41, 5.74) is 4.90. The number of halogens is 2. The zero-order valence-electron chi connectivity index (χ0n) is 52.8. The summed E-state index contributed by atoms with van der Waals surface area (Å²) in [6.45, 7) is 20.6. The second kappa shape index (κ2) is 33.8. The van der Waals surface area contributed by atoms with Crippen molar-refractivity contribution in [2.75, 3.05) is 124 Å². The minimum absolute atomic E-state index is 0.0295. The number of urea groups is 1. The number of sulfone groups is 1. The molecule has 0 aromatic heterocycles. The van der Waals surface area contributed by atoms with Crippen LogP contribution in [-0.2, 0) is 47.0 Å². The molecule has 92 heavy (non-hydrogen) atoms. The van der Waals surface area contributed by atoms with E-state index < -0.39 is 19.9 Å². The zero-order chi connectivity index (χ0) is 64.5. The molecule has 24 heteroatoms. The van der Waals surface area contributed by atoms with Gasteiger partial charge in [-0.1, -0.05) is 36.0 Å². The maximum Gasteiger partial charge on any atom is 0.314 e. The molecule has 2 aliphatic carbocycles. The molecule has 10 rings (SSSR count). The number of Topliss-reactive ketones (excluding diaryl/α,β-unsaturated/α-hetero) is 1. The van der Waals surface area contributed by atoms with Crippen LogP contribution in [0.1, 0.15) is 123 Å². The van der Waals surface area contributed by atoms with Crippen LogP contribution in [0.2, 0.25) is 10.0 Å². The minimum atomic E-state index is -3.76. The molecule has 6 aliphatic rings. The number of benzene rings is 4. The highest BCUT2D eigenvalue weighted by Gasteiger charge is 2.42. The molecule has 4 aromatic rings. The lowest BCUT2D eigenvalue weighted by Crippen LogP contribution is -2.50. The Balaban J connectivity index is 0.511. The molecule has 4 heterocycles. The third-order valence-electron chi connectivity index (χ3n) is 19.0. The van der Waals surface area contributed by atoms with Gasteiger partial charge in [-0.3, -0.25) is 14.6 Å². The van der Waals surface area contributed by atoms with Crippen LogP contribution in [-0.4, -0.2) is 190 Å². The second-order valence-corrected chi connectivity index (χ2v) is 30.0. The molecule has 0 saturated carbocycles. The van der Waals surface area contributed by atoms with Crippen LogP contribution in [0.15, 0.2) is 82.6 Å². The van der Waals surface area contributed by atoms with Gasteiger partial charge >= 0.3 is 6.03 Å². The van der Waals surface area contributed by atoms with Crippen LogP contribution in [0.5, 0.6) is 11.5 Å². The van der Waals surface area contributed by atoms with Crippen molar-refractivity contribution in [3.63, 3.8) is 0 Å². The van der Waals surface area contributed by atoms with Crippen LogP contribution in [0.4, 0.5) is 10.5 Å². The first-order chi connectivity index (χ1) is 44.6. The third kappa shape index (κ3) is 19.2. The number of ether oxygens (including phenoxy) is 4. The van der Waals surface area contributed by atoms with Crippen molar-refractivity contribution in [2.45, 2.75) is 136 Å². The van der Waals surface area contributed by atoms with Gasteiger partial charge < -0.3 is 44.7 Å². The molecule has 0 spiro atoms. The molecule has 4 atom stereocenters. The number of fused-ring (bicyclic) bond motifs is 2. The number of nitrogens with one attached hydrogen (secondary N) is 4. The van der Waals surface area contributed by atoms with Crippen LogP contribution in [0.25, 0.3) is 4.85 Å². The van der Waals surface area contributed by atoms with Gasteiger partial charge in [-0.15, -0.1) is 0 Å². The van der Waals surface area contributed by atoms with Gasteiger partial charge in [0.25, 0.3) is 0 Å². The predicted octanol–water partition coefficient (Wildman–Crippen LogP) is 9.07. The molecule has 4 fully saturated rings. The Kier molecular flexibility index (Phi) is 25.5. The number of piperazine rings is 1. The number of hydrogen-bond donors (Lipinski definition) is 4. The van der Waals surface area contributed by atoms with Gasteiger partial charge in [0.1, 0.15) is 29.5 Å². The summed E-state index contributed by atoms with van der Waals surface area (Å²) in [7, 11) is -7.28. The highest BCUT2D eigenvalue weighted by atomic mass is 35.5. The zero-order valence-corrected chi connectivity index (χ0v) is 55.9. The third-order valence-corrected chi connectivity index (χ3v) is 22.9. The van der Waals surface area contributed by atoms with Gasteiger partial charge in [0, 0.05) is 87.9 Å². The molecule has 498 valence electrons. The lowest BCUT2D eigenvalue weighted by atomic mass is 9.99. The van der Waals surface area contributed by atoms with E-state index in [9.17, 15) is 31.7 Å². The summed E-state index contributed by atoms with van der Waals surface area (Å²) in [5.74, 6) is 1.51. The van der Waals surface area contributed by atoms with E-state index in [0.717, 1.165) is 139 Å². The normalized spacial score (nSPS) is 21.3. The van der Waals surface area contributed by atoms with Gasteiger partial charge in [0.15, 0.2) is 15.5 Å². The fourth-order valence-corrected chi connectivity index (χ4v) is 17.4. The number of rotatable bonds is 31. The molecule has 4 aliphatic heterocycles. The van der Waals surface area contributed by atoms with E-state index in [2.05, 4.69) is 51.2 Å². The summed E-state index contributed by atoms with van der Waals surface area (Å²) in [6, 6.07) is 22.6. The highest BCUT2D eigenvalue weighted by molar-refractivity contribution is 7.91. The van der Waals surface area contributed by atoms with Gasteiger partial charge in [-0.2, -0.15) is 5.26 Å². The number of likely N-dealkylation sites (tertiary alicyclic amines) is 3. The maximum absolute atomic E-state index is 13.6. The van der Waals surface area contributed by atoms with E-state index in [0.29, 0.717) is 124 Å². The molecule has 4 saturated heterocycles. The van der Waals surface area contributed by atoms with Gasteiger partial charge in [0.2, 0.25) is 10.0 Å². The summed E-state index contributed by atoms with van der Waals surface area (Å²) in [4.78, 5) is 38.5. The molecule has 4 aromatic carbocycles. The molecule has 0 radical (unpaired) electrons. The van der Waals surface area contributed by atoms with Crippen molar-refractivity contribution < 1.29 is 45.4 Å². The van der Waals surface area contributed by atoms with E-state index in [1.807, 2.05) is 12.1 Å². The van der Waals surface area contributed by atoms with Crippen molar-refractivity contribution in [1.82, 2.24) is 40.3 Å². The fourth-order valence-electron chi connectivity index (χ4n) is 14.0. The number of piperidine rings is 3. The topological polar surface area (TPSA) is 229 Å². The lowest BCUT2D eigenvalue weighted by molar-refractivity contribution is -0.119. The van der Waals surface area contributed by atoms with E-state index >= 15 is 0 Å². The number of hydrogen-bond acceptors (Lipinski definition) is 16. The largest absolute Gasteiger partial charge is 0.484 e. The van der Waals surface area contributed by atoms with E-state index in [1.54, 1.807) is 60.7 Å². The molecule has 0 bridgehead atoms. The van der Waals surface area contributed by atoms with Gasteiger partial charge in [-0.25, -0.2) is 31.2 Å². The predicted molar refractivity (Wildman–Crippen MR) is 355 cm³/mol. The van der Waals surface area contributed by atoms with Crippen molar-refractivity contribution in [3.8, 4) is 17.6 Å². The Bertz CT molecular complexity index is 3190. The minimum Gasteiger partial charge on any atom is -0.484 e. The van der Waals surface area contributed by atoms with Gasteiger partial charge in [-0.05, 0) is 211 Å². The molecule has 20 nitrogen and oxygen atoms in total. The highest BCUT2D eigenvalue weighted by Crippen LogP contribution is 2.45. The van der Waals surface area contributed by atoms with Crippen molar-refractivity contribution >= 4 is 60.6 Å². The number of carbonyl (C=O) groups is 2. The van der Waals surface area contributed by atoms with E-state index in [1.165, 1.54) is 6.42 Å². The monoisotopic (exact) mass is 1340 g/mol. The number of nitriles is 1. The lowest BCUT2D eigenvalue weighted by Gasteiger charge is -2.36. The Labute approximate surface area is 554 Å². The first-order valence-corrected chi connectivity index (χ1v) is 37.1. The smallest absolute Gasteiger partial charge is 0.314 e. The summed E-state index contributed by atoms with van der Waals surface area (Å²) >= 11 is 12.9. The summed E-state index contributed by atoms with van der Waals surface area (Å²) in [5, 5.41) is 20.0. The quantitative estimate of drug-likeness (QED) is 0.0272. The van der Waals surface area contributed by atoms with Crippen LogP contribution in [0, 0.1) is 23.8 Å². The number of carbonyl (C=O) groups excluding carboxylic acids is 2. The van der Waals surface area contributed by atoms with E-state index in [-0.39, 0.29) is 63.6 Å². The average Bonchev–Trinajstić information content (AvgIpc) is 1.62. The second-order valence-electron chi connectivity index (χ2n) is 25.3. The van der Waals surface area contributed by atoms with Crippen molar-refractivity contribution in [1.29, 1.82) is 5.26 Å². The summed E-state index contributed by atoms with van der Waals surface area (Å²) < 4.78 is 82.0. The number of ketones is 1. The Morgan fingerprint density at radius 3 is 1.85 bits per heavy atom. The van der Waals surface area contributed by atoms with Gasteiger partial charge in [0.05, 0.1) is 65.7 Å². The van der Waals surface area contributed by atoms with Crippen LogP contribution >= 0.6 is 23.2 Å². The first-order valence-electron chi connectivity index (χ1n) is 33.2. The molecule has 2 amide bonds. The molecular formula is C68H90Cl2N10O10S2. The molecular weight excluding hydrogens is 1250 g/mol. The Morgan fingerprint density at radius 2 is 1.21 bits per heavy atom. The number of sulfonamides is 1. The number of unbranched alkanes of at least 4 members (excludes halogenated alkanes) is 2. The molecule has 0 unspecified atom stereocenters. The number of amides is 2. The first kappa shape index (κ1) is 69.4. The Morgan fingerprint density at radius 1 is 0.641 bits per heavy atom. The Hall–Kier alpha value is -5.44. The van der Waals surface area contributed by atoms with Crippen LogP contribution in [0.3, 0.4) is 0 Å². The SMILES string of the molecule is [C-]#[N+]c1cc(Cl)cc2c1C[C@H](N1CCCCC1)[C@H]2Oc1ccc(S(=O)(=O)NC2CCN(CCOCCNC(=O)NCCCCCC(=O)CCCOCCN3CCC(CS(=O)(=O)c4ccc(O[C@H]5c6cc(Cl)cc(C#N)c6C[C@@H]5N5CCNCC5)cc4)CC3)CC2)cc1. The average molecular weight is 1340 g/mol. The van der Waals surface area contributed by atoms with Crippen LogP contribution < -0.4 is 30.1 Å². The van der Waals surface area contributed by atoms with E-state index in [4.69, 9.17) is 48.7 Å². The summed E-state index contributed by atoms with van der Waals surface area (Å²) in [6.07, 6.45) is 11.1. The van der Waals surface area contributed by atoms with Crippen molar-refractivity contribution in [3.05, 3.63) is 122 Å². The number of nitrogens with zero attached hydrogens (tertiary/aromatic N) is 6. The van der Waals surface area contributed by atoms with Crippen molar-refractivity contribution in [2.24, 2.45) is 5.92 Å². The fraction of sp³-hybridized carbons (Fsp3) is 0.588. The molecule has 4 N–H and O–H groups in total. The standard InChI is InChI=1S/C68H90Cl2N10O10S2/c1-72-63-44-52(70)43-62-60(63)46-65(79-27-6-3-7-28-79)67(62)90-56-13-17-58(18-14-56)92(85,86)76-53-21-31-78(32-22-53)36-40-88-38-26-75-68(82)74-23-5-2-4-9-54(81)10-8-37-87-39-35-77-29-19-49(20-30-77)48-91(83,84)57-15-11-55(12-16-57)89-66-61-42-51(69)41-50(47-71)59(61)45-64(66)80-33-24-73-25-34-80/h11-18,41-44,49,53,64-67,73,76H,2-10,19-40,45-46,48H2,(H2,74,75,82)/t64-,65-,66-,67-/m0/s1.